The van der Waals surface area contributed by atoms with Crippen LogP contribution in [0.4, 0.5) is 5.82 Å². The zero-order chi connectivity index (χ0) is 14.9. The molecule has 0 unspecified atom stereocenters. The van der Waals surface area contributed by atoms with Gasteiger partial charge in [0, 0.05) is 9.75 Å². The van der Waals surface area contributed by atoms with Crippen molar-refractivity contribution in [2.24, 2.45) is 5.10 Å². The molecule has 4 rings (SSSR count). The topological polar surface area (TPSA) is 50.2 Å². The summed E-state index contributed by atoms with van der Waals surface area (Å²) in [5.41, 5.74) is 5.57. The average Bonchev–Trinajstić information content (AvgIpc) is 3.19. The van der Waals surface area contributed by atoms with Gasteiger partial charge in [0.05, 0.1) is 11.1 Å². The first-order valence-corrected chi connectivity index (χ1v) is 9.12. The Morgan fingerprint density at radius 3 is 3.05 bits per heavy atom. The average molecular weight is 328 g/mol. The molecule has 0 saturated heterocycles. The highest BCUT2D eigenvalue weighted by atomic mass is 32.1. The summed E-state index contributed by atoms with van der Waals surface area (Å²) in [6.45, 7) is 2.01. The van der Waals surface area contributed by atoms with Crippen LogP contribution in [0.1, 0.15) is 35.1 Å². The van der Waals surface area contributed by atoms with Crippen molar-refractivity contribution in [3.63, 3.8) is 0 Å². The Kier molecular flexibility index (Phi) is 3.63. The highest BCUT2D eigenvalue weighted by Gasteiger charge is 2.19. The molecular formula is C16H16N4S2. The molecule has 0 atom stereocenters. The van der Waals surface area contributed by atoms with Crippen molar-refractivity contribution in [3.05, 3.63) is 39.2 Å². The van der Waals surface area contributed by atoms with Crippen molar-refractivity contribution in [1.82, 2.24) is 9.97 Å². The van der Waals surface area contributed by atoms with Crippen molar-refractivity contribution in [2.45, 2.75) is 32.6 Å². The lowest BCUT2D eigenvalue weighted by Gasteiger charge is -2.11. The van der Waals surface area contributed by atoms with Gasteiger partial charge in [0.1, 0.15) is 11.2 Å². The quantitative estimate of drug-likeness (QED) is 0.570. The predicted molar refractivity (Wildman–Crippen MR) is 94.2 cm³/mol. The van der Waals surface area contributed by atoms with Gasteiger partial charge in [0.25, 0.3) is 0 Å². The first kappa shape index (κ1) is 13.8. The number of fused-ring (bicyclic) bond motifs is 3. The van der Waals surface area contributed by atoms with Crippen molar-refractivity contribution in [1.29, 1.82) is 0 Å². The van der Waals surface area contributed by atoms with E-state index in [1.165, 1.54) is 40.0 Å². The molecule has 3 aromatic heterocycles. The van der Waals surface area contributed by atoms with Gasteiger partial charge < -0.3 is 0 Å². The van der Waals surface area contributed by atoms with Gasteiger partial charge in [-0.15, -0.1) is 22.7 Å². The van der Waals surface area contributed by atoms with E-state index in [1.807, 2.05) is 24.3 Å². The van der Waals surface area contributed by atoms with Crippen molar-refractivity contribution in [3.8, 4) is 0 Å². The third kappa shape index (κ3) is 2.42. The van der Waals surface area contributed by atoms with Crippen LogP contribution in [0.5, 0.6) is 0 Å². The molecule has 22 heavy (non-hydrogen) atoms. The summed E-state index contributed by atoms with van der Waals surface area (Å²) in [6.07, 6.45) is 6.47. The standard InChI is InChI=1S/C16H16N4S2/c1-10(12-7-4-8-21-12)19-20-15-14-11-5-2-3-6-13(11)22-16(14)18-9-17-15/h4,7-9H,2-3,5-6H2,1H3,(H,17,18,20)/b19-10+. The van der Waals surface area contributed by atoms with Gasteiger partial charge in [-0.05, 0) is 49.6 Å². The maximum atomic E-state index is 4.51. The van der Waals surface area contributed by atoms with Crippen LogP contribution in [0.3, 0.4) is 0 Å². The van der Waals surface area contributed by atoms with E-state index in [4.69, 9.17) is 0 Å². The van der Waals surface area contributed by atoms with Crippen LogP contribution in [0.25, 0.3) is 10.2 Å². The third-order valence-corrected chi connectivity index (χ3v) is 6.14. The number of hydrogen-bond acceptors (Lipinski definition) is 6. The number of nitrogens with zero attached hydrogens (tertiary/aromatic N) is 3. The summed E-state index contributed by atoms with van der Waals surface area (Å²) in [5, 5.41) is 7.74. The fraction of sp³-hybridized carbons (Fsp3) is 0.312. The van der Waals surface area contributed by atoms with Gasteiger partial charge in [-0.3, -0.25) is 5.43 Å². The largest absolute Gasteiger partial charge is 0.260 e. The zero-order valence-electron chi connectivity index (χ0n) is 12.3. The molecule has 0 spiro atoms. The first-order chi connectivity index (χ1) is 10.8. The number of rotatable bonds is 3. The fourth-order valence-corrected chi connectivity index (χ4v) is 4.76. The lowest BCUT2D eigenvalue weighted by molar-refractivity contribution is 0.700. The molecular weight excluding hydrogens is 312 g/mol. The second kappa shape index (κ2) is 5.78. The van der Waals surface area contributed by atoms with Crippen molar-refractivity contribution < 1.29 is 0 Å². The molecule has 1 aliphatic carbocycles. The Bertz CT molecular complexity index is 833. The normalized spacial score (nSPS) is 15.0. The van der Waals surface area contributed by atoms with Crippen LogP contribution in [-0.4, -0.2) is 15.7 Å². The number of thiophene rings is 2. The van der Waals surface area contributed by atoms with E-state index in [0.717, 1.165) is 22.8 Å². The van der Waals surface area contributed by atoms with E-state index in [9.17, 15) is 0 Å². The highest BCUT2D eigenvalue weighted by molar-refractivity contribution is 7.19. The van der Waals surface area contributed by atoms with Gasteiger partial charge in [-0.25, -0.2) is 9.97 Å². The van der Waals surface area contributed by atoms with Gasteiger partial charge in [-0.1, -0.05) is 6.07 Å². The summed E-state index contributed by atoms with van der Waals surface area (Å²) >= 11 is 3.50. The Hall–Kier alpha value is -1.79. The monoisotopic (exact) mass is 328 g/mol. The smallest absolute Gasteiger partial charge is 0.158 e. The lowest BCUT2D eigenvalue weighted by Crippen LogP contribution is -2.02. The van der Waals surface area contributed by atoms with Crippen LogP contribution in [-0.2, 0) is 12.8 Å². The highest BCUT2D eigenvalue weighted by Crippen LogP contribution is 2.38. The van der Waals surface area contributed by atoms with E-state index in [1.54, 1.807) is 17.7 Å². The molecule has 0 aromatic carbocycles. The Morgan fingerprint density at radius 2 is 2.18 bits per heavy atom. The zero-order valence-corrected chi connectivity index (χ0v) is 13.9. The molecule has 1 aliphatic rings. The SMILES string of the molecule is C/C(=N\Nc1ncnc2sc3c(c12)CCCC3)c1cccs1. The van der Waals surface area contributed by atoms with Crippen molar-refractivity contribution >= 4 is 44.4 Å². The maximum absolute atomic E-state index is 4.51. The van der Waals surface area contributed by atoms with E-state index in [0.29, 0.717) is 0 Å². The molecule has 112 valence electrons. The van der Waals surface area contributed by atoms with Gasteiger partial charge in [0.2, 0.25) is 0 Å². The first-order valence-electron chi connectivity index (χ1n) is 7.42. The van der Waals surface area contributed by atoms with Gasteiger partial charge in [0.15, 0.2) is 5.82 Å². The van der Waals surface area contributed by atoms with Gasteiger partial charge in [-0.2, -0.15) is 5.10 Å². The fourth-order valence-electron chi connectivity index (χ4n) is 2.85. The van der Waals surface area contributed by atoms with Crippen LogP contribution in [0.2, 0.25) is 0 Å². The van der Waals surface area contributed by atoms with Crippen LogP contribution >= 0.6 is 22.7 Å². The van der Waals surface area contributed by atoms with Crippen molar-refractivity contribution in [2.75, 3.05) is 5.43 Å². The van der Waals surface area contributed by atoms with Crippen LogP contribution < -0.4 is 5.43 Å². The number of nitrogens with one attached hydrogen (secondary N) is 1. The molecule has 0 saturated carbocycles. The minimum absolute atomic E-state index is 0.834. The minimum atomic E-state index is 0.834. The summed E-state index contributed by atoms with van der Waals surface area (Å²) in [4.78, 5) is 12.6. The Balaban J connectivity index is 1.73. The molecule has 0 bridgehead atoms. The molecule has 0 fully saturated rings. The molecule has 1 N–H and O–H groups in total. The van der Waals surface area contributed by atoms with Crippen LogP contribution in [0.15, 0.2) is 28.9 Å². The Morgan fingerprint density at radius 1 is 1.27 bits per heavy atom. The second-order valence-corrected chi connectivity index (χ2v) is 7.43. The number of aryl methyl sites for hydroxylation is 2. The molecule has 3 aromatic rings. The predicted octanol–water partition coefficient (Wildman–Crippen LogP) is 4.47. The van der Waals surface area contributed by atoms with Gasteiger partial charge >= 0.3 is 0 Å². The van der Waals surface area contributed by atoms with Crippen LogP contribution in [0, 0.1) is 0 Å². The third-order valence-electron chi connectivity index (χ3n) is 3.96. The minimum Gasteiger partial charge on any atom is -0.260 e. The molecule has 0 amide bonds. The van der Waals surface area contributed by atoms with E-state index >= 15 is 0 Å². The number of hydrazone groups is 1. The van der Waals surface area contributed by atoms with E-state index in [-0.39, 0.29) is 0 Å². The Labute approximate surface area is 136 Å². The summed E-state index contributed by atoms with van der Waals surface area (Å²) < 4.78 is 0. The molecule has 3 heterocycles. The molecule has 0 aliphatic heterocycles. The second-order valence-electron chi connectivity index (χ2n) is 5.40. The molecule has 6 heteroatoms. The molecule has 4 nitrogen and oxygen atoms in total. The number of anilines is 1. The number of hydrogen-bond donors (Lipinski definition) is 1. The molecule has 0 radical (unpaired) electrons. The lowest BCUT2D eigenvalue weighted by atomic mass is 9.97. The number of aromatic nitrogens is 2. The summed E-state index contributed by atoms with van der Waals surface area (Å²) in [6, 6.07) is 4.12. The van der Waals surface area contributed by atoms with E-state index < -0.39 is 0 Å². The summed E-state index contributed by atoms with van der Waals surface area (Å²) in [5.74, 6) is 0.834. The summed E-state index contributed by atoms with van der Waals surface area (Å²) in [7, 11) is 0. The maximum Gasteiger partial charge on any atom is 0.158 e. The van der Waals surface area contributed by atoms with E-state index in [2.05, 4.69) is 31.9 Å².